The SMILES string of the molecule is CCCCCCCCCCCCNC(=O)c1ccc(CC[N]Cc2ccc(C(F)(F)F)cc2)cc1. The summed E-state index contributed by atoms with van der Waals surface area (Å²) in [5.74, 6) is -0.0422. The molecule has 1 N–H and O–H groups in total. The minimum absolute atomic E-state index is 0.0422. The van der Waals surface area contributed by atoms with Crippen LogP contribution in [0.1, 0.15) is 98.2 Å². The zero-order chi connectivity index (χ0) is 25.4. The van der Waals surface area contributed by atoms with Crippen molar-refractivity contribution in [1.82, 2.24) is 10.6 Å². The number of unbranched alkanes of at least 4 members (excludes halogenated alkanes) is 9. The highest BCUT2D eigenvalue weighted by Gasteiger charge is 2.29. The molecule has 35 heavy (non-hydrogen) atoms. The predicted molar refractivity (Wildman–Crippen MR) is 136 cm³/mol. The zero-order valence-corrected chi connectivity index (χ0v) is 21.0. The van der Waals surface area contributed by atoms with Gasteiger partial charge >= 0.3 is 6.18 Å². The first-order valence-electron chi connectivity index (χ1n) is 13.1. The van der Waals surface area contributed by atoms with Crippen molar-refractivity contribution in [1.29, 1.82) is 0 Å². The van der Waals surface area contributed by atoms with Crippen LogP contribution in [0.2, 0.25) is 0 Å². The highest BCUT2D eigenvalue weighted by molar-refractivity contribution is 5.94. The fraction of sp³-hybridized carbons (Fsp3) is 0.552. The summed E-state index contributed by atoms with van der Waals surface area (Å²) in [5, 5.41) is 7.42. The van der Waals surface area contributed by atoms with Gasteiger partial charge in [0.1, 0.15) is 0 Å². The third-order valence-electron chi connectivity index (χ3n) is 6.17. The third kappa shape index (κ3) is 12.3. The van der Waals surface area contributed by atoms with E-state index in [-0.39, 0.29) is 5.91 Å². The van der Waals surface area contributed by atoms with Crippen LogP contribution in [-0.4, -0.2) is 19.0 Å². The fourth-order valence-electron chi connectivity index (χ4n) is 3.95. The van der Waals surface area contributed by atoms with Gasteiger partial charge in [0.15, 0.2) is 0 Å². The lowest BCUT2D eigenvalue weighted by atomic mass is 10.1. The van der Waals surface area contributed by atoms with E-state index in [0.717, 1.165) is 42.5 Å². The molecule has 1 radical (unpaired) electrons. The summed E-state index contributed by atoms with van der Waals surface area (Å²) in [7, 11) is 0. The van der Waals surface area contributed by atoms with Gasteiger partial charge in [-0.25, -0.2) is 5.32 Å². The molecule has 0 saturated carbocycles. The van der Waals surface area contributed by atoms with Gasteiger partial charge < -0.3 is 5.32 Å². The number of amides is 1. The van der Waals surface area contributed by atoms with E-state index in [1.807, 2.05) is 24.3 Å². The summed E-state index contributed by atoms with van der Waals surface area (Å²) in [5.41, 5.74) is 1.84. The minimum Gasteiger partial charge on any atom is -0.352 e. The first-order chi connectivity index (χ1) is 16.9. The van der Waals surface area contributed by atoms with Gasteiger partial charge in [0.25, 0.3) is 5.91 Å². The number of hydrogen-bond acceptors (Lipinski definition) is 1. The molecule has 0 atom stereocenters. The molecule has 0 heterocycles. The van der Waals surface area contributed by atoms with Gasteiger partial charge in [0.2, 0.25) is 0 Å². The fourth-order valence-corrected chi connectivity index (χ4v) is 3.95. The topological polar surface area (TPSA) is 43.2 Å². The molecule has 2 rings (SSSR count). The second kappa shape index (κ2) is 16.4. The zero-order valence-electron chi connectivity index (χ0n) is 21.0. The number of halogens is 3. The van der Waals surface area contributed by atoms with E-state index in [1.165, 1.54) is 63.5 Å². The highest BCUT2D eigenvalue weighted by atomic mass is 19.4. The minimum atomic E-state index is -4.31. The van der Waals surface area contributed by atoms with Gasteiger partial charge in [-0.2, -0.15) is 13.2 Å². The smallest absolute Gasteiger partial charge is 0.352 e. The maximum absolute atomic E-state index is 12.6. The molecule has 0 aliphatic carbocycles. The molecule has 0 aliphatic rings. The molecule has 2 aromatic carbocycles. The van der Waals surface area contributed by atoms with Gasteiger partial charge in [-0.1, -0.05) is 89.0 Å². The Kier molecular flexibility index (Phi) is 13.5. The van der Waals surface area contributed by atoms with E-state index in [0.29, 0.717) is 25.2 Å². The standard InChI is InChI=1S/C29H40F3N2O/c1-2-3-4-5-6-7-8-9-10-11-21-34-28(35)26-16-12-24(13-17-26)20-22-33-23-25-14-18-27(19-15-25)29(30,31)32/h12-19H,2-11,20-23H2,1H3,(H,34,35). The summed E-state index contributed by atoms with van der Waals surface area (Å²) >= 11 is 0. The number of alkyl halides is 3. The van der Waals surface area contributed by atoms with Crippen LogP contribution in [0, 0.1) is 0 Å². The first-order valence-corrected chi connectivity index (χ1v) is 13.1. The van der Waals surface area contributed by atoms with Crippen molar-refractivity contribution in [3.05, 3.63) is 70.8 Å². The maximum atomic E-state index is 12.6. The second-order valence-electron chi connectivity index (χ2n) is 9.18. The van der Waals surface area contributed by atoms with Crippen molar-refractivity contribution in [3.8, 4) is 0 Å². The van der Waals surface area contributed by atoms with Crippen molar-refractivity contribution in [2.45, 2.75) is 90.3 Å². The summed E-state index contributed by atoms with van der Waals surface area (Å²) in [6, 6.07) is 12.6. The normalized spacial score (nSPS) is 11.5. The first kappa shape index (κ1) is 28.9. The molecule has 0 saturated heterocycles. The van der Waals surface area contributed by atoms with Crippen LogP contribution in [0.25, 0.3) is 0 Å². The monoisotopic (exact) mass is 489 g/mol. The molecule has 0 aliphatic heterocycles. The van der Waals surface area contributed by atoms with Gasteiger partial charge in [-0.3, -0.25) is 4.79 Å². The number of carbonyl (C=O) groups is 1. The summed E-state index contributed by atoms with van der Waals surface area (Å²) in [6.45, 7) is 3.91. The van der Waals surface area contributed by atoms with Crippen molar-refractivity contribution in [2.75, 3.05) is 13.1 Å². The summed E-state index contributed by atoms with van der Waals surface area (Å²) in [6.07, 6.45) is 9.16. The summed E-state index contributed by atoms with van der Waals surface area (Å²) in [4.78, 5) is 12.3. The molecule has 0 fully saturated rings. The molecule has 6 heteroatoms. The Morgan fingerprint density at radius 3 is 1.89 bits per heavy atom. The van der Waals surface area contributed by atoms with Gasteiger partial charge in [0.05, 0.1) is 5.56 Å². The molecule has 0 spiro atoms. The number of nitrogens with one attached hydrogen (secondary N) is 1. The molecular weight excluding hydrogens is 449 g/mol. The van der Waals surface area contributed by atoms with Crippen LogP contribution < -0.4 is 10.6 Å². The predicted octanol–water partition coefficient (Wildman–Crippen LogP) is 7.70. The van der Waals surface area contributed by atoms with E-state index in [2.05, 4.69) is 17.6 Å². The average molecular weight is 490 g/mol. The van der Waals surface area contributed by atoms with Crippen molar-refractivity contribution < 1.29 is 18.0 Å². The maximum Gasteiger partial charge on any atom is 0.416 e. The number of carbonyl (C=O) groups excluding carboxylic acids is 1. The van der Waals surface area contributed by atoms with Crippen molar-refractivity contribution >= 4 is 5.91 Å². The van der Waals surface area contributed by atoms with Crippen LogP contribution in [0.15, 0.2) is 48.5 Å². The molecule has 0 bridgehead atoms. The Morgan fingerprint density at radius 2 is 1.31 bits per heavy atom. The molecule has 0 aromatic heterocycles. The molecule has 0 unspecified atom stereocenters. The van der Waals surface area contributed by atoms with Crippen LogP contribution in [0.5, 0.6) is 0 Å². The average Bonchev–Trinajstić information content (AvgIpc) is 2.85. The van der Waals surface area contributed by atoms with Crippen molar-refractivity contribution in [3.63, 3.8) is 0 Å². The highest BCUT2D eigenvalue weighted by Crippen LogP contribution is 2.29. The van der Waals surface area contributed by atoms with Crippen LogP contribution >= 0.6 is 0 Å². The molecule has 1 amide bonds. The lowest BCUT2D eigenvalue weighted by molar-refractivity contribution is -0.137. The van der Waals surface area contributed by atoms with E-state index in [4.69, 9.17) is 0 Å². The number of rotatable bonds is 17. The number of hydrogen-bond donors (Lipinski definition) is 1. The lowest BCUT2D eigenvalue weighted by Crippen LogP contribution is -2.24. The largest absolute Gasteiger partial charge is 0.416 e. The molecule has 2 aromatic rings. The Labute approximate surface area is 208 Å². The van der Waals surface area contributed by atoms with Crippen molar-refractivity contribution in [2.24, 2.45) is 0 Å². The van der Waals surface area contributed by atoms with E-state index in [1.54, 1.807) is 0 Å². The Morgan fingerprint density at radius 1 is 0.771 bits per heavy atom. The summed E-state index contributed by atoms with van der Waals surface area (Å²) < 4.78 is 37.8. The molecule has 193 valence electrons. The van der Waals surface area contributed by atoms with Crippen LogP contribution in [-0.2, 0) is 19.1 Å². The molecule has 3 nitrogen and oxygen atoms in total. The van der Waals surface area contributed by atoms with Crippen LogP contribution in [0.4, 0.5) is 13.2 Å². The number of benzene rings is 2. The Bertz CT molecular complexity index is 833. The lowest BCUT2D eigenvalue weighted by Gasteiger charge is -2.08. The van der Waals surface area contributed by atoms with Gasteiger partial charge in [-0.15, -0.1) is 0 Å². The molecular formula is C29H40F3N2O. The quantitative estimate of drug-likeness (QED) is 0.227. The van der Waals surface area contributed by atoms with Gasteiger partial charge in [-0.05, 0) is 48.2 Å². The van der Waals surface area contributed by atoms with Gasteiger partial charge in [0, 0.05) is 25.2 Å². The Balaban J connectivity index is 1.54. The second-order valence-corrected chi connectivity index (χ2v) is 9.18. The van der Waals surface area contributed by atoms with E-state index >= 15 is 0 Å². The van der Waals surface area contributed by atoms with E-state index < -0.39 is 11.7 Å². The number of nitrogens with zero attached hydrogens (tertiary/aromatic N) is 1. The third-order valence-corrected chi connectivity index (χ3v) is 6.17. The van der Waals surface area contributed by atoms with E-state index in [9.17, 15) is 18.0 Å². The Hall–Kier alpha value is -2.34. The van der Waals surface area contributed by atoms with Crippen LogP contribution in [0.3, 0.4) is 0 Å².